The summed E-state index contributed by atoms with van der Waals surface area (Å²) in [5.74, 6) is 1.42. The molecular formula is C21H25Cl4NO4. The Bertz CT molecular complexity index is 745. The third-order valence-corrected chi connectivity index (χ3v) is 4.48. The Labute approximate surface area is 197 Å². The number of hydrogen-bond acceptors (Lipinski definition) is 5. The van der Waals surface area contributed by atoms with Crippen LogP contribution in [0, 0.1) is 0 Å². The van der Waals surface area contributed by atoms with E-state index in [2.05, 4.69) is 5.16 Å². The third-order valence-electron chi connectivity index (χ3n) is 3.86. The van der Waals surface area contributed by atoms with Crippen molar-refractivity contribution in [3.05, 3.63) is 44.4 Å². The molecule has 0 radical (unpaired) electrons. The largest absolute Gasteiger partial charge is 0.493 e. The second-order valence-corrected chi connectivity index (χ2v) is 8.04. The van der Waals surface area contributed by atoms with E-state index < -0.39 is 0 Å². The van der Waals surface area contributed by atoms with Crippen LogP contribution in [0.1, 0.15) is 37.8 Å². The molecule has 0 saturated carbocycles. The van der Waals surface area contributed by atoms with Gasteiger partial charge in [-0.3, -0.25) is 4.79 Å². The molecule has 166 valence electrons. The van der Waals surface area contributed by atoms with E-state index in [1.807, 2.05) is 26.0 Å². The number of carbonyl (C=O) groups is 1. The molecular weight excluding hydrogens is 472 g/mol. The lowest BCUT2D eigenvalue weighted by molar-refractivity contribution is -0.112. The number of oxime groups is 1. The highest BCUT2D eigenvalue weighted by Crippen LogP contribution is 2.31. The van der Waals surface area contributed by atoms with Crippen LogP contribution in [0.15, 0.2) is 38.4 Å². The van der Waals surface area contributed by atoms with Crippen LogP contribution in [-0.4, -0.2) is 31.8 Å². The predicted molar refractivity (Wildman–Crippen MR) is 124 cm³/mol. The number of carbonyl (C=O) groups excluding carboxylic acids is 1. The molecule has 0 spiro atoms. The lowest BCUT2D eigenvalue weighted by Gasteiger charge is -2.17. The number of ketones is 1. The highest BCUT2D eigenvalue weighted by Gasteiger charge is 2.11. The van der Waals surface area contributed by atoms with Gasteiger partial charge in [-0.15, -0.1) is 0 Å². The van der Waals surface area contributed by atoms with Gasteiger partial charge in [0, 0.05) is 6.42 Å². The van der Waals surface area contributed by atoms with Crippen molar-refractivity contribution < 1.29 is 19.1 Å². The summed E-state index contributed by atoms with van der Waals surface area (Å²) in [7, 11) is 0. The van der Waals surface area contributed by atoms with Crippen LogP contribution in [0.5, 0.6) is 11.5 Å². The number of benzene rings is 1. The Kier molecular flexibility index (Phi) is 13.7. The van der Waals surface area contributed by atoms with Gasteiger partial charge in [0.15, 0.2) is 5.78 Å². The lowest BCUT2D eigenvalue weighted by atomic mass is 10.0. The molecule has 0 heterocycles. The van der Waals surface area contributed by atoms with Crippen LogP contribution < -0.4 is 9.47 Å². The topological polar surface area (TPSA) is 57.1 Å². The van der Waals surface area contributed by atoms with Crippen LogP contribution in [-0.2, 0) is 22.5 Å². The molecule has 0 atom stereocenters. The maximum atomic E-state index is 11.8. The smallest absolute Gasteiger partial charge is 0.177 e. The molecule has 0 N–H and O–H groups in total. The zero-order valence-electron chi connectivity index (χ0n) is 16.9. The minimum atomic E-state index is -0.152. The molecule has 5 nitrogen and oxygen atoms in total. The van der Waals surface area contributed by atoms with Gasteiger partial charge >= 0.3 is 0 Å². The minimum Gasteiger partial charge on any atom is -0.493 e. The fourth-order valence-corrected chi connectivity index (χ4v) is 2.69. The summed E-state index contributed by atoms with van der Waals surface area (Å²) in [5, 5.41) is 3.57. The summed E-state index contributed by atoms with van der Waals surface area (Å²) in [6, 6.07) is 3.89. The fourth-order valence-electron chi connectivity index (χ4n) is 2.44. The number of aryl methyl sites for hydroxylation is 2. The van der Waals surface area contributed by atoms with Gasteiger partial charge in [0.25, 0.3) is 0 Å². The molecule has 9 heteroatoms. The van der Waals surface area contributed by atoms with E-state index >= 15 is 0 Å². The molecule has 0 unspecified atom stereocenters. The van der Waals surface area contributed by atoms with Crippen LogP contribution in [0.4, 0.5) is 0 Å². The average Bonchev–Trinajstić information content (AvgIpc) is 2.70. The Hall–Kier alpha value is -1.40. The first-order chi connectivity index (χ1) is 14.4. The maximum Gasteiger partial charge on any atom is 0.177 e. The number of ether oxygens (including phenoxy) is 2. The summed E-state index contributed by atoms with van der Waals surface area (Å²) >= 11 is 22.1. The lowest BCUT2D eigenvalue weighted by Crippen LogP contribution is -2.07. The van der Waals surface area contributed by atoms with Gasteiger partial charge in [0.05, 0.1) is 6.61 Å². The van der Waals surface area contributed by atoms with Crippen LogP contribution in [0.25, 0.3) is 0 Å². The monoisotopic (exact) mass is 495 g/mol. The van der Waals surface area contributed by atoms with Crippen molar-refractivity contribution in [3.8, 4) is 11.5 Å². The van der Waals surface area contributed by atoms with E-state index in [0.717, 1.165) is 41.7 Å². The number of Topliss-reactive ketones (excluding diaryl/α,β-unsaturated/α-hetero) is 1. The summed E-state index contributed by atoms with van der Waals surface area (Å²) in [6.07, 6.45) is 6.58. The number of nitrogens with zero attached hydrogens (tertiary/aromatic N) is 1. The third kappa shape index (κ3) is 11.1. The molecule has 0 bridgehead atoms. The minimum absolute atomic E-state index is 0.0858. The van der Waals surface area contributed by atoms with Gasteiger partial charge < -0.3 is 14.3 Å². The molecule has 0 aliphatic carbocycles. The molecule has 1 rings (SSSR count). The molecule has 1 aromatic carbocycles. The average molecular weight is 497 g/mol. The standard InChI is InChI=1S/C21H25Cl4NO4/c1-3-15-12-18(28-10-7-19(22)23)13-16(4-2)21(15)29-9-5-6-17(27)14-26-30-11-8-20(24)25/h7-8,12-14H,3-6,9-11H2,1-2H3. The van der Waals surface area contributed by atoms with Crippen molar-refractivity contribution in [1.29, 1.82) is 0 Å². The molecule has 0 saturated heterocycles. The van der Waals surface area contributed by atoms with Gasteiger partial charge in [-0.1, -0.05) is 65.4 Å². The Balaban J connectivity index is 2.57. The van der Waals surface area contributed by atoms with E-state index in [0.29, 0.717) is 19.4 Å². The highest BCUT2D eigenvalue weighted by atomic mass is 35.5. The van der Waals surface area contributed by atoms with E-state index in [9.17, 15) is 4.79 Å². The normalized spacial score (nSPS) is 10.6. The van der Waals surface area contributed by atoms with Crippen LogP contribution in [0.3, 0.4) is 0 Å². The van der Waals surface area contributed by atoms with Crippen molar-refractivity contribution in [2.24, 2.45) is 5.16 Å². The first kappa shape index (κ1) is 26.6. The number of halogens is 4. The second-order valence-electron chi connectivity index (χ2n) is 6.02. The SMILES string of the molecule is CCc1cc(OCC=C(Cl)Cl)cc(CC)c1OCCCC(=O)C=NOCC=C(Cl)Cl. The first-order valence-corrected chi connectivity index (χ1v) is 11.0. The zero-order valence-corrected chi connectivity index (χ0v) is 20.0. The molecule has 1 aromatic rings. The summed E-state index contributed by atoms with van der Waals surface area (Å²) in [5.41, 5.74) is 2.08. The van der Waals surface area contributed by atoms with Crippen molar-refractivity contribution in [2.75, 3.05) is 19.8 Å². The van der Waals surface area contributed by atoms with E-state index in [1.165, 1.54) is 6.08 Å². The molecule has 0 amide bonds. The first-order valence-electron chi connectivity index (χ1n) is 9.49. The quantitative estimate of drug-likeness (QED) is 0.166. The fraction of sp³-hybridized carbons (Fsp3) is 0.429. The molecule has 0 aromatic heterocycles. The van der Waals surface area contributed by atoms with Crippen molar-refractivity contribution >= 4 is 58.4 Å². The zero-order chi connectivity index (χ0) is 22.4. The maximum absolute atomic E-state index is 11.8. The van der Waals surface area contributed by atoms with Crippen LogP contribution >= 0.6 is 46.4 Å². The Morgan fingerprint density at radius 3 is 2.13 bits per heavy atom. The van der Waals surface area contributed by atoms with E-state index in [-0.39, 0.29) is 28.0 Å². The number of hydrogen-bond donors (Lipinski definition) is 0. The predicted octanol–water partition coefficient (Wildman–Crippen LogP) is 6.56. The highest BCUT2D eigenvalue weighted by molar-refractivity contribution is 6.56. The Morgan fingerprint density at radius 2 is 1.57 bits per heavy atom. The van der Waals surface area contributed by atoms with Crippen molar-refractivity contribution in [2.45, 2.75) is 39.5 Å². The van der Waals surface area contributed by atoms with Crippen molar-refractivity contribution in [3.63, 3.8) is 0 Å². The van der Waals surface area contributed by atoms with E-state index in [4.69, 9.17) is 60.7 Å². The van der Waals surface area contributed by atoms with Gasteiger partial charge in [-0.05, 0) is 54.7 Å². The molecule has 30 heavy (non-hydrogen) atoms. The molecule has 0 aliphatic rings. The summed E-state index contributed by atoms with van der Waals surface area (Å²) in [6.45, 7) is 4.90. The van der Waals surface area contributed by atoms with Crippen molar-refractivity contribution in [1.82, 2.24) is 0 Å². The van der Waals surface area contributed by atoms with Gasteiger partial charge in [0.1, 0.15) is 39.9 Å². The van der Waals surface area contributed by atoms with Gasteiger partial charge in [-0.2, -0.15) is 0 Å². The molecule has 0 aliphatic heterocycles. The second kappa shape index (κ2) is 15.4. The van der Waals surface area contributed by atoms with Gasteiger partial charge in [-0.25, -0.2) is 0 Å². The number of rotatable bonds is 14. The van der Waals surface area contributed by atoms with Crippen LogP contribution in [0.2, 0.25) is 0 Å². The van der Waals surface area contributed by atoms with Gasteiger partial charge in [0.2, 0.25) is 0 Å². The summed E-state index contributed by atoms with van der Waals surface area (Å²) in [4.78, 5) is 16.6. The Morgan fingerprint density at radius 1 is 0.967 bits per heavy atom. The van der Waals surface area contributed by atoms with E-state index in [1.54, 1.807) is 6.08 Å². The summed E-state index contributed by atoms with van der Waals surface area (Å²) < 4.78 is 11.9. The molecule has 0 fully saturated rings.